The first-order valence-electron chi connectivity index (χ1n) is 11.0. The van der Waals surface area contributed by atoms with E-state index in [2.05, 4.69) is 31.9 Å². The summed E-state index contributed by atoms with van der Waals surface area (Å²) in [6, 6.07) is 10.6. The highest BCUT2D eigenvalue weighted by Gasteiger charge is 2.53. The molecule has 5 rings (SSSR count). The third-order valence-corrected chi connectivity index (χ3v) is 10.6. The third kappa shape index (κ3) is 3.08. The fourth-order valence-electron chi connectivity index (χ4n) is 5.53. The molecule has 3 aromatic rings. The Labute approximate surface area is 216 Å². The summed E-state index contributed by atoms with van der Waals surface area (Å²) in [5.74, 6) is 0.127. The molecule has 0 amide bonds. The standard InChI is InChI=1S/C26H24Br2O5S/c1-12-9-13(2)17-11-20(15(4)23(28)25(17)30)26(19-10-16(12)24(29)22(27)14(19)3)18-7-5-6-8-21(18)34(31,32)33-26/h5-8,10-13,29-30H,9H2,1-4H3. The second-order valence-electron chi connectivity index (χ2n) is 9.35. The summed E-state index contributed by atoms with van der Waals surface area (Å²) >= 11 is 7.12. The van der Waals surface area contributed by atoms with Gasteiger partial charge >= 0.3 is 0 Å². The van der Waals surface area contributed by atoms with E-state index in [0.29, 0.717) is 54.3 Å². The lowest BCUT2D eigenvalue weighted by Crippen LogP contribution is -2.32. The molecule has 178 valence electrons. The quantitative estimate of drug-likeness (QED) is 0.273. The molecule has 2 aliphatic rings. The van der Waals surface area contributed by atoms with Gasteiger partial charge < -0.3 is 10.2 Å². The van der Waals surface area contributed by atoms with E-state index in [1.807, 2.05) is 39.8 Å². The Morgan fingerprint density at radius 3 is 1.85 bits per heavy atom. The van der Waals surface area contributed by atoms with Gasteiger partial charge in [0, 0.05) is 5.56 Å². The van der Waals surface area contributed by atoms with E-state index in [1.165, 1.54) is 0 Å². The Kier molecular flexibility index (Phi) is 5.48. The van der Waals surface area contributed by atoms with Gasteiger partial charge in [0.25, 0.3) is 10.1 Å². The summed E-state index contributed by atoms with van der Waals surface area (Å²) in [4.78, 5) is 0.114. The highest BCUT2D eigenvalue weighted by molar-refractivity contribution is 9.11. The zero-order valence-corrected chi connectivity index (χ0v) is 23.1. The summed E-state index contributed by atoms with van der Waals surface area (Å²) in [5, 5.41) is 22.1. The molecule has 1 heterocycles. The second kappa shape index (κ2) is 7.82. The molecule has 1 aliphatic carbocycles. The summed E-state index contributed by atoms with van der Waals surface area (Å²) < 4.78 is 33.9. The lowest BCUT2D eigenvalue weighted by atomic mass is 9.72. The van der Waals surface area contributed by atoms with E-state index in [-0.39, 0.29) is 28.2 Å². The van der Waals surface area contributed by atoms with Crippen LogP contribution in [0, 0.1) is 13.8 Å². The van der Waals surface area contributed by atoms with E-state index in [9.17, 15) is 18.6 Å². The van der Waals surface area contributed by atoms with Crippen molar-refractivity contribution in [3.63, 3.8) is 0 Å². The highest BCUT2D eigenvalue weighted by Crippen LogP contribution is 2.57. The van der Waals surface area contributed by atoms with Crippen LogP contribution in [0.3, 0.4) is 0 Å². The Morgan fingerprint density at radius 2 is 1.35 bits per heavy atom. The van der Waals surface area contributed by atoms with Crippen molar-refractivity contribution in [2.24, 2.45) is 0 Å². The van der Waals surface area contributed by atoms with Crippen LogP contribution >= 0.6 is 31.9 Å². The van der Waals surface area contributed by atoms with Gasteiger partial charge in [-0.2, -0.15) is 8.42 Å². The normalized spacial score (nSPS) is 24.8. The fraction of sp³-hybridized carbons (Fsp3) is 0.308. The SMILES string of the molecule is Cc1c2cc(c(O)c1Br)C(C)CC(C)c1cc(c(C)c(Br)c1O)C21OS(=O)(=O)c2ccccc21. The average molecular weight is 608 g/mol. The molecule has 0 fully saturated rings. The predicted molar refractivity (Wildman–Crippen MR) is 137 cm³/mol. The summed E-state index contributed by atoms with van der Waals surface area (Å²) in [7, 11) is -4.09. The molecule has 0 aromatic heterocycles. The number of rotatable bonds is 0. The van der Waals surface area contributed by atoms with Gasteiger partial charge in [0.2, 0.25) is 0 Å². The van der Waals surface area contributed by atoms with Crippen molar-refractivity contribution in [1.29, 1.82) is 0 Å². The van der Waals surface area contributed by atoms with E-state index in [4.69, 9.17) is 4.18 Å². The van der Waals surface area contributed by atoms with Crippen LogP contribution in [0.2, 0.25) is 0 Å². The van der Waals surface area contributed by atoms with Crippen molar-refractivity contribution in [2.75, 3.05) is 0 Å². The second-order valence-corrected chi connectivity index (χ2v) is 12.5. The smallest absolute Gasteiger partial charge is 0.298 e. The van der Waals surface area contributed by atoms with Gasteiger partial charge in [0.1, 0.15) is 16.4 Å². The summed E-state index contributed by atoms with van der Waals surface area (Å²) in [5.41, 5.74) is 3.04. The highest BCUT2D eigenvalue weighted by atomic mass is 79.9. The van der Waals surface area contributed by atoms with E-state index >= 15 is 0 Å². The van der Waals surface area contributed by atoms with Crippen molar-refractivity contribution < 1.29 is 22.8 Å². The maximum atomic E-state index is 13.4. The molecule has 2 unspecified atom stereocenters. The number of hydrogen-bond donors (Lipinski definition) is 2. The van der Waals surface area contributed by atoms with Crippen molar-refractivity contribution >= 4 is 42.0 Å². The first-order valence-corrected chi connectivity index (χ1v) is 14.0. The van der Waals surface area contributed by atoms with Crippen LogP contribution in [0.1, 0.15) is 71.0 Å². The van der Waals surface area contributed by atoms with Crippen LogP contribution in [-0.2, 0) is 19.9 Å². The van der Waals surface area contributed by atoms with Gasteiger partial charge in [0.05, 0.1) is 8.95 Å². The number of aromatic hydroxyl groups is 2. The third-order valence-electron chi connectivity index (χ3n) is 7.33. The van der Waals surface area contributed by atoms with Crippen LogP contribution in [0.4, 0.5) is 0 Å². The Morgan fingerprint density at radius 1 is 0.882 bits per heavy atom. The maximum absolute atomic E-state index is 13.4. The molecule has 2 N–H and O–H groups in total. The topological polar surface area (TPSA) is 83.8 Å². The Bertz CT molecular complexity index is 1410. The van der Waals surface area contributed by atoms with Crippen molar-refractivity contribution in [3.8, 4) is 11.5 Å². The number of phenols is 2. The van der Waals surface area contributed by atoms with Gasteiger partial charge in [-0.3, -0.25) is 0 Å². The van der Waals surface area contributed by atoms with E-state index in [1.54, 1.807) is 24.3 Å². The minimum atomic E-state index is -4.09. The number of halogens is 2. The van der Waals surface area contributed by atoms with Crippen LogP contribution in [0.5, 0.6) is 11.5 Å². The molecule has 3 aromatic carbocycles. The summed E-state index contributed by atoms with van der Waals surface area (Å²) in [6.07, 6.45) is 0.674. The van der Waals surface area contributed by atoms with Gasteiger partial charge in [-0.15, -0.1) is 0 Å². The minimum Gasteiger partial charge on any atom is -0.506 e. The molecule has 2 atom stereocenters. The molecule has 0 saturated carbocycles. The van der Waals surface area contributed by atoms with Crippen LogP contribution in [-0.4, -0.2) is 18.6 Å². The molecule has 0 radical (unpaired) electrons. The molecule has 0 saturated heterocycles. The van der Waals surface area contributed by atoms with Crippen LogP contribution in [0.15, 0.2) is 50.2 Å². The number of hydrogen-bond acceptors (Lipinski definition) is 5. The van der Waals surface area contributed by atoms with Gasteiger partial charge in [0.15, 0.2) is 5.60 Å². The van der Waals surface area contributed by atoms with Gasteiger partial charge in [-0.05, 0) is 116 Å². The lowest BCUT2D eigenvalue weighted by molar-refractivity contribution is 0.177. The molecule has 1 aliphatic heterocycles. The first-order chi connectivity index (χ1) is 15.9. The first kappa shape index (κ1) is 23.9. The van der Waals surface area contributed by atoms with Gasteiger partial charge in [-0.25, -0.2) is 4.18 Å². The number of benzene rings is 3. The van der Waals surface area contributed by atoms with E-state index < -0.39 is 15.7 Å². The zero-order valence-electron chi connectivity index (χ0n) is 19.1. The molecule has 34 heavy (non-hydrogen) atoms. The lowest BCUT2D eigenvalue weighted by Gasteiger charge is -2.36. The van der Waals surface area contributed by atoms with Crippen LogP contribution < -0.4 is 0 Å². The van der Waals surface area contributed by atoms with Crippen molar-refractivity contribution in [3.05, 3.63) is 84.3 Å². The average Bonchev–Trinajstić information content (AvgIpc) is 3.03. The van der Waals surface area contributed by atoms with Crippen LogP contribution in [0.25, 0.3) is 0 Å². The molecular formula is C26H24Br2O5S. The molecule has 8 heteroatoms. The Hall–Kier alpha value is -1.87. The Balaban J connectivity index is 2.06. The molecule has 1 spiro atoms. The van der Waals surface area contributed by atoms with Crippen molar-refractivity contribution in [2.45, 2.75) is 56.4 Å². The monoisotopic (exact) mass is 606 g/mol. The summed E-state index contributed by atoms with van der Waals surface area (Å²) in [6.45, 7) is 7.72. The number of fused-ring (bicyclic) bond motifs is 8. The molecule has 4 bridgehead atoms. The molecule has 5 nitrogen and oxygen atoms in total. The predicted octanol–water partition coefficient (Wildman–Crippen LogP) is 6.86. The maximum Gasteiger partial charge on any atom is 0.298 e. The zero-order chi connectivity index (χ0) is 24.7. The van der Waals surface area contributed by atoms with Crippen molar-refractivity contribution in [1.82, 2.24) is 0 Å². The number of phenolic OH excluding ortho intramolecular Hbond substituents is 2. The minimum absolute atomic E-state index is 0.0722. The fourth-order valence-corrected chi connectivity index (χ4v) is 7.83. The molecular weight excluding hydrogens is 584 g/mol. The largest absolute Gasteiger partial charge is 0.506 e. The van der Waals surface area contributed by atoms with E-state index in [0.717, 1.165) is 0 Å². The van der Waals surface area contributed by atoms with Gasteiger partial charge in [-0.1, -0.05) is 32.0 Å².